The molecule has 7 heteroatoms. The molecule has 1 aromatic carbocycles. The van der Waals surface area contributed by atoms with Crippen molar-refractivity contribution in [2.75, 3.05) is 13.4 Å². The number of nitrogens with two attached hydrogens (primary N) is 1. The minimum absolute atomic E-state index is 0.0863. The molecule has 0 aliphatic heterocycles. The van der Waals surface area contributed by atoms with Gasteiger partial charge in [-0.25, -0.2) is 8.42 Å². The Bertz CT molecular complexity index is 594. The van der Waals surface area contributed by atoms with Crippen LogP contribution in [-0.4, -0.2) is 38.5 Å². The van der Waals surface area contributed by atoms with E-state index >= 15 is 0 Å². The molecule has 0 saturated heterocycles. The predicted molar refractivity (Wildman–Crippen MR) is 84.1 cm³/mol. The smallest absolute Gasteiger partial charge is 0.325 e. The number of carbonyl (C=O) groups excluding carboxylic acids is 1. The molecule has 0 aliphatic rings. The Hall–Kier alpha value is -1.05. The van der Waals surface area contributed by atoms with Crippen LogP contribution in [0.4, 0.5) is 0 Å². The van der Waals surface area contributed by atoms with Crippen molar-refractivity contribution in [2.45, 2.75) is 40.8 Å². The van der Waals surface area contributed by atoms with E-state index in [2.05, 4.69) is 4.74 Å². The van der Waals surface area contributed by atoms with Gasteiger partial charge in [0, 0.05) is 16.4 Å². The summed E-state index contributed by atoms with van der Waals surface area (Å²) in [6.07, 6.45) is 1.63. The maximum atomic E-state index is 11.6. The Balaban J connectivity index is 2.71. The quantitative estimate of drug-likeness (QED) is 0.632. The van der Waals surface area contributed by atoms with Crippen LogP contribution in [0.15, 0.2) is 34.1 Å². The Kier molecular flexibility index (Phi) is 5.83. The topological polar surface area (TPSA) is 86.5 Å². The van der Waals surface area contributed by atoms with Crippen molar-refractivity contribution in [3.63, 3.8) is 0 Å². The van der Waals surface area contributed by atoms with Crippen LogP contribution in [0.3, 0.4) is 0 Å². The zero-order chi connectivity index (χ0) is 16.3. The lowest BCUT2D eigenvalue weighted by Gasteiger charge is -2.24. The fraction of sp³-hybridized carbons (Fsp3) is 0.500. The third-order valence-electron chi connectivity index (χ3n) is 2.95. The van der Waals surface area contributed by atoms with Crippen molar-refractivity contribution < 1.29 is 17.9 Å². The van der Waals surface area contributed by atoms with Crippen LogP contribution < -0.4 is 5.73 Å². The van der Waals surface area contributed by atoms with Crippen LogP contribution in [0.2, 0.25) is 0 Å². The van der Waals surface area contributed by atoms with Gasteiger partial charge in [-0.15, -0.1) is 11.8 Å². The molecule has 0 saturated carbocycles. The number of carbonyl (C=O) groups is 1. The molecule has 0 amide bonds. The van der Waals surface area contributed by atoms with Gasteiger partial charge < -0.3 is 10.5 Å². The SMILES string of the molecule is COC(=O)C(C)(N)CC(C)Sc1ccc(S(C)(=O)=O)cc1. The van der Waals surface area contributed by atoms with Crippen molar-refractivity contribution in [1.82, 2.24) is 0 Å². The Labute approximate surface area is 130 Å². The highest BCUT2D eigenvalue weighted by molar-refractivity contribution is 8.00. The van der Waals surface area contributed by atoms with E-state index in [1.807, 2.05) is 6.92 Å². The molecule has 1 aromatic rings. The zero-order valence-electron chi connectivity index (χ0n) is 12.6. The molecule has 0 fully saturated rings. The number of methoxy groups -OCH3 is 1. The largest absolute Gasteiger partial charge is 0.468 e. The second kappa shape index (κ2) is 6.81. The zero-order valence-corrected chi connectivity index (χ0v) is 14.3. The summed E-state index contributed by atoms with van der Waals surface area (Å²) >= 11 is 1.54. The fourth-order valence-corrected chi connectivity index (χ4v) is 3.77. The van der Waals surface area contributed by atoms with E-state index in [1.54, 1.807) is 31.2 Å². The van der Waals surface area contributed by atoms with E-state index in [-0.39, 0.29) is 10.1 Å². The molecule has 0 radical (unpaired) electrons. The van der Waals surface area contributed by atoms with Gasteiger partial charge in [0.2, 0.25) is 0 Å². The third-order valence-corrected chi connectivity index (χ3v) is 5.19. The molecule has 1 rings (SSSR count). The number of hydrogen-bond donors (Lipinski definition) is 1. The summed E-state index contributed by atoms with van der Waals surface area (Å²) in [5, 5.41) is 0.0863. The number of benzene rings is 1. The van der Waals surface area contributed by atoms with E-state index in [0.29, 0.717) is 6.42 Å². The Morgan fingerprint density at radius 1 is 1.38 bits per heavy atom. The lowest BCUT2D eigenvalue weighted by Crippen LogP contribution is -2.47. The lowest BCUT2D eigenvalue weighted by atomic mass is 9.98. The summed E-state index contributed by atoms with van der Waals surface area (Å²) < 4.78 is 27.5. The molecule has 2 unspecified atom stereocenters. The lowest BCUT2D eigenvalue weighted by molar-refractivity contribution is -0.146. The van der Waals surface area contributed by atoms with Gasteiger partial charge in [-0.1, -0.05) is 6.92 Å². The fourth-order valence-electron chi connectivity index (χ4n) is 1.95. The normalized spacial score (nSPS) is 16.0. The van der Waals surface area contributed by atoms with Crippen LogP contribution in [0.25, 0.3) is 0 Å². The molecule has 118 valence electrons. The maximum Gasteiger partial charge on any atom is 0.325 e. The summed E-state index contributed by atoms with van der Waals surface area (Å²) in [5.74, 6) is -0.442. The highest BCUT2D eigenvalue weighted by Crippen LogP contribution is 2.29. The van der Waals surface area contributed by atoms with Crippen LogP contribution in [-0.2, 0) is 19.4 Å². The van der Waals surface area contributed by atoms with Gasteiger partial charge in [0.15, 0.2) is 9.84 Å². The van der Waals surface area contributed by atoms with Crippen LogP contribution >= 0.6 is 11.8 Å². The number of esters is 1. The number of rotatable bonds is 6. The van der Waals surface area contributed by atoms with Gasteiger partial charge >= 0.3 is 5.97 Å². The van der Waals surface area contributed by atoms with Gasteiger partial charge in [0.05, 0.1) is 12.0 Å². The van der Waals surface area contributed by atoms with Crippen molar-refractivity contribution >= 4 is 27.6 Å². The average molecular weight is 331 g/mol. The number of sulfone groups is 1. The van der Waals surface area contributed by atoms with E-state index in [4.69, 9.17) is 5.73 Å². The van der Waals surface area contributed by atoms with E-state index in [1.165, 1.54) is 25.1 Å². The summed E-state index contributed by atoms with van der Waals surface area (Å²) in [5.41, 5.74) is 4.91. The monoisotopic (exact) mass is 331 g/mol. The average Bonchev–Trinajstić information content (AvgIpc) is 2.36. The first kappa shape index (κ1) is 18.0. The second-order valence-corrected chi connectivity index (χ2v) is 8.81. The van der Waals surface area contributed by atoms with E-state index in [0.717, 1.165) is 4.90 Å². The third kappa shape index (κ3) is 5.33. The second-order valence-electron chi connectivity index (χ2n) is 5.29. The van der Waals surface area contributed by atoms with Gasteiger partial charge in [-0.2, -0.15) is 0 Å². The van der Waals surface area contributed by atoms with E-state index in [9.17, 15) is 13.2 Å². The number of thioether (sulfide) groups is 1. The van der Waals surface area contributed by atoms with Gasteiger partial charge in [-0.05, 0) is 37.6 Å². The van der Waals surface area contributed by atoms with Gasteiger partial charge in [0.25, 0.3) is 0 Å². The molecular weight excluding hydrogens is 310 g/mol. The number of ether oxygens (including phenoxy) is 1. The highest BCUT2D eigenvalue weighted by Gasteiger charge is 2.31. The van der Waals surface area contributed by atoms with Crippen LogP contribution in [0, 0.1) is 0 Å². The van der Waals surface area contributed by atoms with E-state index < -0.39 is 21.3 Å². The first-order valence-corrected chi connectivity index (χ1v) is 9.17. The minimum Gasteiger partial charge on any atom is -0.468 e. The molecule has 0 heterocycles. The van der Waals surface area contributed by atoms with Gasteiger partial charge in [-0.3, -0.25) is 4.79 Å². The van der Waals surface area contributed by atoms with Crippen molar-refractivity contribution in [3.05, 3.63) is 24.3 Å². The summed E-state index contributed by atoms with van der Waals surface area (Å²) in [7, 11) is -1.87. The van der Waals surface area contributed by atoms with Crippen molar-refractivity contribution in [1.29, 1.82) is 0 Å². The minimum atomic E-state index is -3.18. The molecule has 5 nitrogen and oxygen atoms in total. The first-order valence-electron chi connectivity index (χ1n) is 6.40. The Morgan fingerprint density at radius 3 is 2.33 bits per heavy atom. The van der Waals surface area contributed by atoms with Crippen molar-refractivity contribution in [2.24, 2.45) is 5.73 Å². The maximum absolute atomic E-state index is 11.6. The van der Waals surface area contributed by atoms with Crippen LogP contribution in [0.5, 0.6) is 0 Å². The summed E-state index contributed by atoms with van der Waals surface area (Å²) in [4.78, 5) is 12.8. The molecule has 2 atom stereocenters. The van der Waals surface area contributed by atoms with Crippen molar-refractivity contribution in [3.8, 4) is 0 Å². The standard InChI is InChI=1S/C14H21NO4S2/c1-10(9-14(2,15)13(16)19-3)20-11-5-7-12(8-6-11)21(4,17)18/h5-8,10H,9,15H2,1-4H3. The molecule has 21 heavy (non-hydrogen) atoms. The highest BCUT2D eigenvalue weighted by atomic mass is 32.2. The summed E-state index contributed by atoms with van der Waals surface area (Å²) in [6, 6.07) is 6.66. The predicted octanol–water partition coefficient (Wildman–Crippen LogP) is 1.85. The summed E-state index contributed by atoms with van der Waals surface area (Å²) in [6.45, 7) is 3.60. The number of hydrogen-bond acceptors (Lipinski definition) is 6. The molecule has 2 N–H and O–H groups in total. The first-order chi connectivity index (χ1) is 9.56. The molecule has 0 aliphatic carbocycles. The van der Waals surface area contributed by atoms with Crippen LogP contribution in [0.1, 0.15) is 20.3 Å². The molecular formula is C14H21NO4S2. The molecule has 0 spiro atoms. The molecule has 0 aromatic heterocycles. The van der Waals surface area contributed by atoms with Gasteiger partial charge in [0.1, 0.15) is 5.54 Å². The Morgan fingerprint density at radius 2 is 1.90 bits per heavy atom. The molecule has 0 bridgehead atoms.